The second-order valence-electron chi connectivity index (χ2n) is 4.24. The molecule has 0 bridgehead atoms. The molecule has 2 rings (SSSR count). The average molecular weight is 275 g/mol. The number of ether oxygens (including phenoxy) is 1. The van der Waals surface area contributed by atoms with Gasteiger partial charge < -0.3 is 15.8 Å². The highest BCUT2D eigenvalue weighted by molar-refractivity contribution is 6.38. The maximum Gasteiger partial charge on any atom is 0.0700 e. The van der Waals surface area contributed by atoms with E-state index in [4.69, 9.17) is 33.7 Å². The first-order valence-electron chi connectivity index (χ1n) is 5.72. The Morgan fingerprint density at radius 3 is 2.65 bits per heavy atom. The Morgan fingerprint density at radius 2 is 2.06 bits per heavy atom. The fraction of sp³-hybridized carbons (Fsp3) is 0.500. The van der Waals surface area contributed by atoms with Gasteiger partial charge in [-0.3, -0.25) is 0 Å². The summed E-state index contributed by atoms with van der Waals surface area (Å²) in [5, 5.41) is 4.35. The molecule has 1 atom stereocenters. The minimum Gasteiger partial charge on any atom is -0.396 e. The molecule has 0 saturated carbocycles. The summed E-state index contributed by atoms with van der Waals surface area (Å²) in [6, 6.07) is 3.68. The molecule has 3 nitrogen and oxygen atoms in total. The number of benzene rings is 1. The molecule has 5 heteroatoms. The number of rotatable bonds is 4. The Labute approximate surface area is 111 Å². The molecular weight excluding hydrogens is 259 g/mol. The van der Waals surface area contributed by atoms with E-state index in [9.17, 15) is 0 Å². The molecule has 1 aliphatic rings. The molecule has 1 aromatic rings. The summed E-state index contributed by atoms with van der Waals surface area (Å²) < 4.78 is 5.52. The highest BCUT2D eigenvalue weighted by Crippen LogP contribution is 2.28. The van der Waals surface area contributed by atoms with Crippen LogP contribution in [0, 0.1) is 0 Å². The average Bonchev–Trinajstić information content (AvgIpc) is 2.79. The van der Waals surface area contributed by atoms with Crippen LogP contribution < -0.4 is 11.1 Å². The zero-order valence-corrected chi connectivity index (χ0v) is 11.0. The van der Waals surface area contributed by atoms with Gasteiger partial charge in [0.1, 0.15) is 0 Å². The highest BCUT2D eigenvalue weighted by Gasteiger charge is 2.14. The molecule has 1 aromatic carbocycles. The van der Waals surface area contributed by atoms with Crippen LogP contribution in [0.15, 0.2) is 12.1 Å². The fourth-order valence-electron chi connectivity index (χ4n) is 1.92. The SMILES string of the molecule is Nc1c(Cl)cc(CNCC2CCCO2)cc1Cl. The molecule has 17 heavy (non-hydrogen) atoms. The second-order valence-corrected chi connectivity index (χ2v) is 5.05. The standard InChI is InChI=1S/C12H16Cl2N2O/c13-10-4-8(5-11(14)12(10)15)6-16-7-9-2-1-3-17-9/h4-5,9,16H,1-3,6-7,15H2. The van der Waals surface area contributed by atoms with Crippen LogP contribution in [-0.2, 0) is 11.3 Å². The number of nitrogen functional groups attached to an aromatic ring is 1. The van der Waals surface area contributed by atoms with E-state index in [1.807, 2.05) is 12.1 Å². The van der Waals surface area contributed by atoms with E-state index in [0.717, 1.165) is 38.1 Å². The monoisotopic (exact) mass is 274 g/mol. The minimum absolute atomic E-state index is 0.342. The molecule has 1 saturated heterocycles. The first-order chi connectivity index (χ1) is 8.16. The number of hydrogen-bond acceptors (Lipinski definition) is 3. The van der Waals surface area contributed by atoms with Gasteiger partial charge in [-0.15, -0.1) is 0 Å². The quantitative estimate of drug-likeness (QED) is 0.831. The van der Waals surface area contributed by atoms with Crippen LogP contribution in [0.5, 0.6) is 0 Å². The molecule has 0 spiro atoms. The fourth-order valence-corrected chi connectivity index (χ4v) is 2.45. The Morgan fingerprint density at radius 1 is 1.35 bits per heavy atom. The molecule has 1 unspecified atom stereocenters. The van der Waals surface area contributed by atoms with Crippen LogP contribution in [0.25, 0.3) is 0 Å². The van der Waals surface area contributed by atoms with Crippen molar-refractivity contribution in [3.8, 4) is 0 Å². The molecule has 94 valence electrons. The minimum atomic E-state index is 0.342. The molecule has 3 N–H and O–H groups in total. The number of nitrogens with one attached hydrogen (secondary N) is 1. The van der Waals surface area contributed by atoms with Crippen molar-refractivity contribution >= 4 is 28.9 Å². The summed E-state index contributed by atoms with van der Waals surface area (Å²) in [7, 11) is 0. The Bertz CT molecular complexity index is 369. The lowest BCUT2D eigenvalue weighted by Crippen LogP contribution is -2.25. The van der Waals surface area contributed by atoms with E-state index in [0.29, 0.717) is 21.8 Å². The first kappa shape index (κ1) is 13.0. The molecule has 0 amide bonds. The highest BCUT2D eigenvalue weighted by atomic mass is 35.5. The number of hydrogen-bond donors (Lipinski definition) is 2. The molecular formula is C12H16Cl2N2O. The predicted molar refractivity (Wildman–Crippen MR) is 71.6 cm³/mol. The number of nitrogens with two attached hydrogens (primary N) is 1. The van der Waals surface area contributed by atoms with E-state index in [1.54, 1.807) is 0 Å². The molecule has 1 heterocycles. The zero-order chi connectivity index (χ0) is 12.3. The molecule has 0 aliphatic carbocycles. The first-order valence-corrected chi connectivity index (χ1v) is 6.48. The number of halogens is 2. The van der Waals surface area contributed by atoms with Crippen molar-refractivity contribution < 1.29 is 4.74 Å². The van der Waals surface area contributed by atoms with Crippen LogP contribution in [0.1, 0.15) is 18.4 Å². The summed E-state index contributed by atoms with van der Waals surface area (Å²) in [5.74, 6) is 0. The third kappa shape index (κ3) is 3.49. The van der Waals surface area contributed by atoms with Crippen LogP contribution in [0.2, 0.25) is 10.0 Å². The molecule has 0 radical (unpaired) electrons. The lowest BCUT2D eigenvalue weighted by Gasteiger charge is -2.11. The van der Waals surface area contributed by atoms with Gasteiger partial charge in [-0.25, -0.2) is 0 Å². The van der Waals surface area contributed by atoms with Crippen LogP contribution in [0.3, 0.4) is 0 Å². The van der Waals surface area contributed by atoms with E-state index in [-0.39, 0.29) is 0 Å². The third-order valence-electron chi connectivity index (χ3n) is 2.86. The van der Waals surface area contributed by atoms with Crippen molar-refractivity contribution in [3.05, 3.63) is 27.7 Å². The number of anilines is 1. The zero-order valence-electron chi connectivity index (χ0n) is 9.51. The summed E-state index contributed by atoms with van der Waals surface area (Å²) >= 11 is 11.9. The van der Waals surface area contributed by atoms with Crippen LogP contribution in [0.4, 0.5) is 5.69 Å². The Hall–Kier alpha value is -0.480. The Kier molecular flexibility index (Phi) is 4.51. The van der Waals surface area contributed by atoms with E-state index < -0.39 is 0 Å². The van der Waals surface area contributed by atoms with E-state index in [2.05, 4.69) is 5.32 Å². The van der Waals surface area contributed by atoms with Crippen LogP contribution >= 0.6 is 23.2 Å². The van der Waals surface area contributed by atoms with Gasteiger partial charge in [0.15, 0.2) is 0 Å². The lowest BCUT2D eigenvalue weighted by molar-refractivity contribution is 0.110. The third-order valence-corrected chi connectivity index (χ3v) is 3.49. The van der Waals surface area contributed by atoms with Crippen molar-refractivity contribution in [2.24, 2.45) is 0 Å². The van der Waals surface area contributed by atoms with Crippen LogP contribution in [-0.4, -0.2) is 19.3 Å². The van der Waals surface area contributed by atoms with Gasteiger partial charge >= 0.3 is 0 Å². The van der Waals surface area contributed by atoms with Gasteiger partial charge in [-0.2, -0.15) is 0 Å². The van der Waals surface area contributed by atoms with Crippen molar-refractivity contribution in [2.75, 3.05) is 18.9 Å². The van der Waals surface area contributed by atoms with Crippen molar-refractivity contribution in [1.29, 1.82) is 0 Å². The maximum absolute atomic E-state index is 5.96. The smallest absolute Gasteiger partial charge is 0.0700 e. The van der Waals surface area contributed by atoms with Crippen molar-refractivity contribution in [1.82, 2.24) is 5.32 Å². The van der Waals surface area contributed by atoms with Crippen molar-refractivity contribution in [3.63, 3.8) is 0 Å². The summed E-state index contributed by atoms with van der Waals surface area (Å²) in [4.78, 5) is 0. The topological polar surface area (TPSA) is 47.3 Å². The van der Waals surface area contributed by atoms with E-state index in [1.165, 1.54) is 0 Å². The summed E-state index contributed by atoms with van der Waals surface area (Å²) in [6.45, 7) is 2.46. The predicted octanol–water partition coefficient (Wildman–Crippen LogP) is 2.84. The summed E-state index contributed by atoms with van der Waals surface area (Å²) in [5.41, 5.74) is 7.15. The molecule has 0 aromatic heterocycles. The normalized spacial score (nSPS) is 19.8. The summed E-state index contributed by atoms with van der Waals surface area (Å²) in [6.07, 6.45) is 2.64. The molecule has 1 fully saturated rings. The van der Waals surface area contributed by atoms with Gasteiger partial charge in [0.25, 0.3) is 0 Å². The van der Waals surface area contributed by atoms with Gasteiger partial charge in [0.05, 0.1) is 21.8 Å². The maximum atomic E-state index is 5.96. The van der Waals surface area contributed by atoms with E-state index >= 15 is 0 Å². The van der Waals surface area contributed by atoms with Gasteiger partial charge in [-0.05, 0) is 30.5 Å². The largest absolute Gasteiger partial charge is 0.396 e. The van der Waals surface area contributed by atoms with Gasteiger partial charge in [-0.1, -0.05) is 23.2 Å². The lowest BCUT2D eigenvalue weighted by atomic mass is 10.2. The molecule has 1 aliphatic heterocycles. The van der Waals surface area contributed by atoms with Gasteiger partial charge in [0.2, 0.25) is 0 Å². The van der Waals surface area contributed by atoms with Gasteiger partial charge in [0, 0.05) is 19.7 Å². The van der Waals surface area contributed by atoms with Crippen molar-refractivity contribution in [2.45, 2.75) is 25.5 Å². The Balaban J connectivity index is 1.86. The second kappa shape index (κ2) is 5.91.